The molecule has 0 bridgehead atoms. The average Bonchev–Trinajstić information content (AvgIpc) is 2.38. The van der Waals surface area contributed by atoms with Crippen molar-refractivity contribution in [2.45, 2.75) is 83.5 Å². The number of amides is 1. The number of hydrogen-bond donors (Lipinski definition) is 2. The zero-order valence-electron chi connectivity index (χ0n) is 14.3. The number of rotatable bonds is 5. The molecule has 21 heavy (non-hydrogen) atoms. The van der Waals surface area contributed by atoms with Crippen molar-refractivity contribution in [3.8, 4) is 0 Å². The summed E-state index contributed by atoms with van der Waals surface area (Å²) < 4.78 is 5.32. The van der Waals surface area contributed by atoms with E-state index >= 15 is 0 Å². The molecule has 0 aliphatic heterocycles. The quantitative estimate of drug-likeness (QED) is 0.818. The third kappa shape index (κ3) is 6.22. The van der Waals surface area contributed by atoms with Crippen LogP contribution in [0.1, 0.15) is 59.8 Å². The Bertz CT molecular complexity index is 322. The van der Waals surface area contributed by atoms with Crippen LogP contribution >= 0.6 is 0 Å². The van der Waals surface area contributed by atoms with Gasteiger partial charge in [0.25, 0.3) is 0 Å². The summed E-state index contributed by atoms with van der Waals surface area (Å²) in [5.74, 6) is 0. The number of nitrogens with one attached hydrogen (secondary N) is 1. The molecule has 2 unspecified atom stereocenters. The molecule has 2 atom stereocenters. The normalized spacial score (nSPS) is 20.1. The number of hydrogen-bond acceptors (Lipinski definition) is 4. The molecule has 3 N–H and O–H groups in total. The fourth-order valence-electron chi connectivity index (χ4n) is 3.07. The second-order valence-corrected chi connectivity index (χ2v) is 7.20. The molecule has 0 radical (unpaired) electrons. The predicted octanol–water partition coefficient (Wildman–Crippen LogP) is 2.49. The Morgan fingerprint density at radius 2 is 1.90 bits per heavy atom. The second kappa shape index (κ2) is 7.99. The lowest BCUT2D eigenvalue weighted by Gasteiger charge is -2.39. The van der Waals surface area contributed by atoms with E-state index in [1.54, 1.807) is 0 Å². The highest BCUT2D eigenvalue weighted by atomic mass is 16.6. The highest BCUT2D eigenvalue weighted by molar-refractivity contribution is 5.68. The molecule has 1 aliphatic carbocycles. The van der Waals surface area contributed by atoms with Gasteiger partial charge in [0.1, 0.15) is 5.60 Å². The van der Waals surface area contributed by atoms with Gasteiger partial charge < -0.3 is 15.8 Å². The molecular formula is C16H33N3O2. The van der Waals surface area contributed by atoms with Crippen LogP contribution in [0.3, 0.4) is 0 Å². The molecule has 1 fully saturated rings. The topological polar surface area (TPSA) is 67.6 Å². The Morgan fingerprint density at radius 3 is 2.38 bits per heavy atom. The smallest absolute Gasteiger partial charge is 0.407 e. The van der Waals surface area contributed by atoms with Crippen LogP contribution in [-0.4, -0.2) is 48.3 Å². The number of nitrogens with two attached hydrogens (primary N) is 1. The van der Waals surface area contributed by atoms with Crippen molar-refractivity contribution in [3.63, 3.8) is 0 Å². The molecule has 0 saturated heterocycles. The van der Waals surface area contributed by atoms with Gasteiger partial charge in [-0.2, -0.15) is 0 Å². The summed E-state index contributed by atoms with van der Waals surface area (Å²) in [7, 11) is 2.13. The summed E-state index contributed by atoms with van der Waals surface area (Å²) in [6.45, 7) is 8.13. The molecule has 5 nitrogen and oxygen atoms in total. The number of carbonyl (C=O) groups is 1. The van der Waals surface area contributed by atoms with E-state index in [1.165, 1.54) is 32.1 Å². The standard InChI is InChI=1S/C16H33N3O2/c1-12(18-15(20)21-16(2,3)4)14(11-17)19(5)13-9-7-6-8-10-13/h12-14H,6-11,17H2,1-5H3,(H,18,20). The van der Waals surface area contributed by atoms with Crippen molar-refractivity contribution in [1.29, 1.82) is 0 Å². The Balaban J connectivity index is 2.55. The summed E-state index contributed by atoms with van der Waals surface area (Å²) >= 11 is 0. The van der Waals surface area contributed by atoms with Crippen molar-refractivity contribution in [2.75, 3.05) is 13.6 Å². The largest absolute Gasteiger partial charge is 0.444 e. The molecule has 0 aromatic carbocycles. The van der Waals surface area contributed by atoms with Gasteiger partial charge in [0.2, 0.25) is 0 Å². The molecule has 1 saturated carbocycles. The highest BCUT2D eigenvalue weighted by Gasteiger charge is 2.29. The Kier molecular flexibility index (Phi) is 6.94. The molecule has 0 heterocycles. The summed E-state index contributed by atoms with van der Waals surface area (Å²) in [4.78, 5) is 14.2. The van der Waals surface area contributed by atoms with Gasteiger partial charge in [0.15, 0.2) is 0 Å². The van der Waals surface area contributed by atoms with Crippen LogP contribution in [0.15, 0.2) is 0 Å². The van der Waals surface area contributed by atoms with E-state index in [4.69, 9.17) is 10.5 Å². The third-order valence-electron chi connectivity index (χ3n) is 4.24. The average molecular weight is 299 g/mol. The Morgan fingerprint density at radius 1 is 1.33 bits per heavy atom. The van der Waals surface area contributed by atoms with Crippen molar-refractivity contribution >= 4 is 6.09 Å². The minimum Gasteiger partial charge on any atom is -0.444 e. The van der Waals surface area contributed by atoms with Gasteiger partial charge in [-0.3, -0.25) is 4.90 Å². The van der Waals surface area contributed by atoms with E-state index in [2.05, 4.69) is 17.3 Å². The van der Waals surface area contributed by atoms with Gasteiger partial charge in [0, 0.05) is 24.7 Å². The number of nitrogens with zero attached hydrogens (tertiary/aromatic N) is 1. The summed E-state index contributed by atoms with van der Waals surface area (Å²) in [5, 5.41) is 2.92. The van der Waals surface area contributed by atoms with E-state index < -0.39 is 5.60 Å². The van der Waals surface area contributed by atoms with Gasteiger partial charge in [-0.15, -0.1) is 0 Å². The minimum absolute atomic E-state index is 0.0308. The molecule has 1 aliphatic rings. The van der Waals surface area contributed by atoms with E-state index in [1.807, 2.05) is 27.7 Å². The second-order valence-electron chi connectivity index (χ2n) is 7.20. The monoisotopic (exact) mass is 299 g/mol. The van der Waals surface area contributed by atoms with Crippen LogP contribution in [-0.2, 0) is 4.74 Å². The van der Waals surface area contributed by atoms with Gasteiger partial charge >= 0.3 is 6.09 Å². The Hall–Kier alpha value is -0.810. The zero-order chi connectivity index (χ0) is 16.0. The van der Waals surface area contributed by atoms with E-state index in [0.29, 0.717) is 12.6 Å². The van der Waals surface area contributed by atoms with Gasteiger partial charge in [-0.25, -0.2) is 4.79 Å². The van der Waals surface area contributed by atoms with Crippen molar-refractivity contribution < 1.29 is 9.53 Å². The molecule has 0 spiro atoms. The molecule has 1 rings (SSSR count). The summed E-state index contributed by atoms with van der Waals surface area (Å²) in [6.07, 6.45) is 6.01. The molecule has 0 aromatic heterocycles. The summed E-state index contributed by atoms with van der Waals surface area (Å²) in [5.41, 5.74) is 5.48. The zero-order valence-corrected chi connectivity index (χ0v) is 14.3. The fourth-order valence-corrected chi connectivity index (χ4v) is 3.07. The first-order valence-corrected chi connectivity index (χ1v) is 8.16. The first kappa shape index (κ1) is 18.2. The number of ether oxygens (including phenoxy) is 1. The maximum absolute atomic E-state index is 11.9. The Labute approximate surface area is 129 Å². The fraction of sp³-hybridized carbons (Fsp3) is 0.938. The lowest BCUT2D eigenvalue weighted by atomic mass is 9.92. The van der Waals surface area contributed by atoms with Gasteiger partial charge in [-0.05, 0) is 47.6 Å². The predicted molar refractivity (Wildman–Crippen MR) is 86.3 cm³/mol. The molecule has 5 heteroatoms. The maximum Gasteiger partial charge on any atom is 0.407 e. The van der Waals surface area contributed by atoms with Crippen LogP contribution in [0, 0.1) is 0 Å². The lowest BCUT2D eigenvalue weighted by molar-refractivity contribution is 0.0453. The van der Waals surface area contributed by atoms with E-state index in [-0.39, 0.29) is 18.2 Å². The first-order chi connectivity index (χ1) is 9.74. The van der Waals surface area contributed by atoms with Crippen LogP contribution < -0.4 is 11.1 Å². The van der Waals surface area contributed by atoms with E-state index in [9.17, 15) is 4.79 Å². The molecule has 1 amide bonds. The highest BCUT2D eigenvalue weighted by Crippen LogP contribution is 2.23. The molecule has 124 valence electrons. The van der Waals surface area contributed by atoms with E-state index in [0.717, 1.165) is 0 Å². The van der Waals surface area contributed by atoms with Crippen molar-refractivity contribution in [1.82, 2.24) is 10.2 Å². The molecular weight excluding hydrogens is 266 g/mol. The third-order valence-corrected chi connectivity index (χ3v) is 4.24. The first-order valence-electron chi connectivity index (χ1n) is 8.16. The van der Waals surface area contributed by atoms with Gasteiger partial charge in [-0.1, -0.05) is 19.3 Å². The van der Waals surface area contributed by atoms with Crippen molar-refractivity contribution in [3.05, 3.63) is 0 Å². The number of likely N-dealkylation sites (N-methyl/N-ethyl adjacent to an activating group) is 1. The van der Waals surface area contributed by atoms with Crippen LogP contribution in [0.25, 0.3) is 0 Å². The van der Waals surface area contributed by atoms with Gasteiger partial charge in [0.05, 0.1) is 0 Å². The van der Waals surface area contributed by atoms with Crippen LogP contribution in [0.4, 0.5) is 4.79 Å². The number of alkyl carbamates (subject to hydrolysis) is 1. The number of carbonyl (C=O) groups excluding carboxylic acids is 1. The molecule has 0 aromatic rings. The lowest BCUT2D eigenvalue weighted by Crippen LogP contribution is -2.56. The van der Waals surface area contributed by atoms with Crippen LogP contribution in [0.2, 0.25) is 0 Å². The minimum atomic E-state index is -0.475. The van der Waals surface area contributed by atoms with Crippen molar-refractivity contribution in [2.24, 2.45) is 5.73 Å². The SMILES string of the molecule is CC(NC(=O)OC(C)(C)C)C(CN)N(C)C1CCCCC1. The van der Waals surface area contributed by atoms with Crippen LogP contribution in [0.5, 0.6) is 0 Å². The maximum atomic E-state index is 11.9. The summed E-state index contributed by atoms with van der Waals surface area (Å²) in [6, 6.07) is 0.688.